The Morgan fingerprint density at radius 1 is 0.836 bits per heavy atom. The standard InChI is InChI=1S/C55H76O5Si/c1-36(2)37(3)50-51(59-53(8,9)58-50)38(4)45-27-28-46-49-47(30-32-55(45,46)11)54(10)31-29-42(33-40(54)34-48(49)57-35-39-23-25-41(56-12)26-24-39)60-61(52(5,6)7,43-19-15-13-16-20-43)44-21-17-14-18-22-44/h13-26,28,36,38,40,42,45,47-51H,3,27,29-35H2,1-2,4-12H3/t38-,40-,42+,45+,47-,48+,49-,50-,51-,54-,55+/m0/s1. The summed E-state index contributed by atoms with van der Waals surface area (Å²) in [5, 5.41) is 2.68. The van der Waals surface area contributed by atoms with Crippen molar-refractivity contribution in [3.8, 4) is 5.75 Å². The maximum absolute atomic E-state index is 7.91. The summed E-state index contributed by atoms with van der Waals surface area (Å²) in [6.07, 6.45) is 10.8. The molecule has 0 bridgehead atoms. The first-order chi connectivity index (χ1) is 28.9. The second-order valence-corrected chi connectivity index (χ2v) is 26.3. The van der Waals surface area contributed by atoms with E-state index in [0.717, 1.165) is 37.0 Å². The van der Waals surface area contributed by atoms with Gasteiger partial charge in [-0.25, -0.2) is 0 Å². The van der Waals surface area contributed by atoms with Gasteiger partial charge in [-0.1, -0.05) is 146 Å². The summed E-state index contributed by atoms with van der Waals surface area (Å²) in [5.41, 5.74) is 4.31. The molecule has 8 rings (SSSR count). The molecule has 11 atom stereocenters. The van der Waals surface area contributed by atoms with Crippen LogP contribution in [0.3, 0.4) is 0 Å². The van der Waals surface area contributed by atoms with Gasteiger partial charge in [0.25, 0.3) is 8.32 Å². The molecule has 5 aliphatic rings. The predicted molar refractivity (Wildman–Crippen MR) is 252 cm³/mol. The van der Waals surface area contributed by atoms with Crippen LogP contribution in [-0.2, 0) is 25.2 Å². The van der Waals surface area contributed by atoms with Crippen LogP contribution in [0.5, 0.6) is 5.75 Å². The molecule has 4 fully saturated rings. The molecule has 0 unspecified atom stereocenters. The Kier molecular flexibility index (Phi) is 12.3. The van der Waals surface area contributed by atoms with Crippen LogP contribution in [0.15, 0.2) is 109 Å². The third-order valence-electron chi connectivity index (χ3n) is 16.9. The molecule has 0 spiro atoms. The minimum Gasteiger partial charge on any atom is -0.497 e. The Morgan fingerprint density at radius 2 is 1.48 bits per heavy atom. The first kappa shape index (κ1) is 44.6. The van der Waals surface area contributed by atoms with Gasteiger partial charge in [-0.3, -0.25) is 0 Å². The van der Waals surface area contributed by atoms with Crippen molar-refractivity contribution in [2.45, 2.75) is 156 Å². The SMILES string of the molecule is C=C(C(C)C)[C@@H]1OC(C)(C)O[C@H]1[C@@H](C)[C@H]1CC=C2[C@@H]3[C@H](OCc4ccc(OC)cc4)C[C@@H]4C[C@H](O[Si](c5ccccc5)(c5ccccc5)C(C)(C)C)CC[C@]4(C)[C@H]3CC[C@@]21C. The lowest BCUT2D eigenvalue weighted by molar-refractivity contribution is -0.158. The quantitative estimate of drug-likeness (QED) is 0.134. The number of allylic oxidation sites excluding steroid dienone is 1. The van der Waals surface area contributed by atoms with Crippen molar-refractivity contribution in [2.75, 3.05) is 7.11 Å². The number of ether oxygens (including phenoxy) is 4. The molecular weight excluding hydrogens is 769 g/mol. The Bertz CT molecular complexity index is 1980. The van der Waals surface area contributed by atoms with Crippen LogP contribution in [0, 0.1) is 46.3 Å². The molecule has 5 nitrogen and oxygen atoms in total. The molecule has 6 heteroatoms. The molecule has 3 saturated carbocycles. The van der Waals surface area contributed by atoms with E-state index < -0.39 is 14.1 Å². The molecule has 3 aromatic carbocycles. The molecule has 1 aliphatic heterocycles. The minimum absolute atomic E-state index is 0.0154. The summed E-state index contributed by atoms with van der Waals surface area (Å²) in [5.74, 6) is 2.85. The molecule has 0 aromatic heterocycles. The Hall–Kier alpha value is -3.00. The number of benzene rings is 3. The van der Waals surface area contributed by atoms with Gasteiger partial charge in [-0.15, -0.1) is 0 Å². The van der Waals surface area contributed by atoms with Crippen LogP contribution in [0.4, 0.5) is 0 Å². The largest absolute Gasteiger partial charge is 0.497 e. The van der Waals surface area contributed by atoms with Crippen molar-refractivity contribution in [3.63, 3.8) is 0 Å². The van der Waals surface area contributed by atoms with Gasteiger partial charge < -0.3 is 23.4 Å². The monoisotopic (exact) mass is 845 g/mol. The maximum Gasteiger partial charge on any atom is 0.261 e. The van der Waals surface area contributed by atoms with Crippen molar-refractivity contribution in [1.29, 1.82) is 0 Å². The topological polar surface area (TPSA) is 46.2 Å². The van der Waals surface area contributed by atoms with E-state index in [9.17, 15) is 0 Å². The maximum atomic E-state index is 7.91. The van der Waals surface area contributed by atoms with E-state index in [-0.39, 0.29) is 40.3 Å². The van der Waals surface area contributed by atoms with Crippen molar-refractivity contribution in [2.24, 2.45) is 46.3 Å². The highest BCUT2D eigenvalue weighted by molar-refractivity contribution is 6.99. The highest BCUT2D eigenvalue weighted by Gasteiger charge is 2.63. The van der Waals surface area contributed by atoms with Gasteiger partial charge in [0, 0.05) is 12.0 Å². The van der Waals surface area contributed by atoms with Crippen molar-refractivity contribution < 1.29 is 23.4 Å². The smallest absolute Gasteiger partial charge is 0.261 e. The predicted octanol–water partition coefficient (Wildman–Crippen LogP) is 12.1. The number of rotatable bonds is 12. The Labute approximate surface area is 370 Å². The minimum atomic E-state index is -2.70. The van der Waals surface area contributed by atoms with E-state index in [1.165, 1.54) is 35.2 Å². The fourth-order valence-electron chi connectivity index (χ4n) is 13.5. The first-order valence-electron chi connectivity index (χ1n) is 23.7. The lowest BCUT2D eigenvalue weighted by Crippen LogP contribution is -2.68. The van der Waals surface area contributed by atoms with Crippen LogP contribution >= 0.6 is 0 Å². The summed E-state index contributed by atoms with van der Waals surface area (Å²) in [7, 11) is -0.964. The van der Waals surface area contributed by atoms with Gasteiger partial charge in [0.1, 0.15) is 11.9 Å². The Balaban J connectivity index is 1.10. The summed E-state index contributed by atoms with van der Waals surface area (Å²) < 4.78 is 34.2. The van der Waals surface area contributed by atoms with E-state index in [2.05, 4.69) is 167 Å². The number of methoxy groups -OCH3 is 1. The number of hydrogen-bond donors (Lipinski definition) is 0. The van der Waals surface area contributed by atoms with Gasteiger partial charge in [0.15, 0.2) is 5.79 Å². The molecule has 0 N–H and O–H groups in total. The number of hydrogen-bond acceptors (Lipinski definition) is 5. The third kappa shape index (κ3) is 7.98. The van der Waals surface area contributed by atoms with E-state index in [1.54, 1.807) is 12.7 Å². The average molecular weight is 845 g/mol. The van der Waals surface area contributed by atoms with E-state index in [4.69, 9.17) is 23.4 Å². The van der Waals surface area contributed by atoms with E-state index >= 15 is 0 Å². The van der Waals surface area contributed by atoms with E-state index in [0.29, 0.717) is 42.1 Å². The summed E-state index contributed by atoms with van der Waals surface area (Å²) in [6, 6.07) is 30.9. The van der Waals surface area contributed by atoms with Crippen molar-refractivity contribution in [3.05, 3.63) is 114 Å². The van der Waals surface area contributed by atoms with Gasteiger partial charge in [-0.05, 0) is 138 Å². The molecule has 1 heterocycles. The molecule has 3 aromatic rings. The third-order valence-corrected chi connectivity index (χ3v) is 22.0. The highest BCUT2D eigenvalue weighted by Crippen LogP contribution is 2.68. The normalized spacial score (nSPS) is 33.9. The second-order valence-electron chi connectivity index (χ2n) is 22.0. The zero-order chi connectivity index (χ0) is 43.5. The lowest BCUT2D eigenvalue weighted by Gasteiger charge is -2.62. The fourth-order valence-corrected chi connectivity index (χ4v) is 18.2. The zero-order valence-electron chi connectivity index (χ0n) is 39.3. The molecule has 330 valence electrons. The van der Waals surface area contributed by atoms with Crippen LogP contribution in [0.1, 0.15) is 120 Å². The average Bonchev–Trinajstić information content (AvgIpc) is 3.77. The lowest BCUT2D eigenvalue weighted by atomic mass is 9.44. The van der Waals surface area contributed by atoms with Gasteiger partial charge in [-0.2, -0.15) is 0 Å². The van der Waals surface area contributed by atoms with Gasteiger partial charge in [0.2, 0.25) is 0 Å². The van der Waals surface area contributed by atoms with E-state index in [1.807, 2.05) is 0 Å². The molecule has 4 aliphatic carbocycles. The Morgan fingerprint density at radius 3 is 2.07 bits per heavy atom. The van der Waals surface area contributed by atoms with Gasteiger partial charge in [0.05, 0.1) is 25.9 Å². The summed E-state index contributed by atoms with van der Waals surface area (Å²) in [4.78, 5) is 0. The van der Waals surface area contributed by atoms with Crippen LogP contribution < -0.4 is 15.1 Å². The molecular formula is C55H76O5Si. The highest BCUT2D eigenvalue weighted by atomic mass is 28.4. The second kappa shape index (κ2) is 16.8. The first-order valence-corrected chi connectivity index (χ1v) is 25.6. The molecule has 0 radical (unpaired) electrons. The van der Waals surface area contributed by atoms with Crippen LogP contribution in [-0.4, -0.2) is 45.6 Å². The molecule has 1 saturated heterocycles. The van der Waals surface area contributed by atoms with Crippen molar-refractivity contribution in [1.82, 2.24) is 0 Å². The summed E-state index contributed by atoms with van der Waals surface area (Å²) in [6.45, 7) is 28.7. The summed E-state index contributed by atoms with van der Waals surface area (Å²) >= 11 is 0. The molecule has 0 amide bonds. The van der Waals surface area contributed by atoms with Crippen molar-refractivity contribution >= 4 is 18.7 Å². The van der Waals surface area contributed by atoms with Crippen LogP contribution in [0.2, 0.25) is 5.04 Å². The molecule has 61 heavy (non-hydrogen) atoms. The zero-order valence-corrected chi connectivity index (χ0v) is 40.3. The van der Waals surface area contributed by atoms with Gasteiger partial charge >= 0.3 is 0 Å². The fraction of sp³-hybridized carbons (Fsp3) is 0.600. The number of fused-ring (bicyclic) bond motifs is 5. The van der Waals surface area contributed by atoms with Crippen LogP contribution in [0.25, 0.3) is 0 Å².